The van der Waals surface area contributed by atoms with Crippen LogP contribution in [0.3, 0.4) is 0 Å². The van der Waals surface area contributed by atoms with Crippen molar-refractivity contribution in [3.63, 3.8) is 0 Å². The number of carbonyl (C=O) groups excluding carboxylic acids is 1. The van der Waals surface area contributed by atoms with Crippen LogP contribution < -0.4 is 10.1 Å². The Morgan fingerprint density at radius 3 is 2.60 bits per heavy atom. The number of nitrogens with one attached hydrogen (secondary N) is 1. The second kappa shape index (κ2) is 5.18. The Morgan fingerprint density at radius 1 is 1.40 bits per heavy atom. The van der Waals surface area contributed by atoms with Crippen LogP contribution >= 0.6 is 27.3 Å². The molecule has 4 nitrogen and oxygen atoms in total. The summed E-state index contributed by atoms with van der Waals surface area (Å²) >= 11 is 4.75. The fourth-order valence-electron chi connectivity index (χ4n) is 2.21. The zero-order chi connectivity index (χ0) is 14.2. The van der Waals surface area contributed by atoms with Crippen molar-refractivity contribution in [1.82, 2.24) is 4.98 Å². The van der Waals surface area contributed by atoms with E-state index < -0.39 is 5.41 Å². The molecule has 20 heavy (non-hydrogen) atoms. The molecule has 0 unspecified atom stereocenters. The minimum atomic E-state index is -0.398. The van der Waals surface area contributed by atoms with E-state index in [2.05, 4.69) is 26.2 Å². The average Bonchev–Trinajstić information content (AvgIpc) is 3.18. The van der Waals surface area contributed by atoms with Gasteiger partial charge in [-0.3, -0.25) is 4.79 Å². The third-order valence-corrected chi connectivity index (χ3v) is 4.92. The Hall–Kier alpha value is -1.40. The predicted molar refractivity (Wildman–Crippen MR) is 82.3 cm³/mol. The van der Waals surface area contributed by atoms with Crippen molar-refractivity contribution in [1.29, 1.82) is 0 Å². The highest BCUT2D eigenvalue weighted by Crippen LogP contribution is 2.49. The molecule has 0 radical (unpaired) electrons. The number of hydrogen-bond donors (Lipinski definition) is 1. The molecule has 2 aromatic rings. The SMILES string of the molecule is COc1ccc(C2(C(=O)Nc3ncc(Br)s3)CC2)cc1. The van der Waals surface area contributed by atoms with Crippen LogP contribution in [0.2, 0.25) is 0 Å². The number of nitrogens with zero attached hydrogens (tertiary/aromatic N) is 1. The number of thiazole rings is 1. The number of amides is 1. The zero-order valence-electron chi connectivity index (χ0n) is 10.9. The van der Waals surface area contributed by atoms with Crippen molar-refractivity contribution < 1.29 is 9.53 Å². The van der Waals surface area contributed by atoms with E-state index in [1.54, 1.807) is 13.3 Å². The lowest BCUT2D eigenvalue weighted by atomic mass is 9.95. The van der Waals surface area contributed by atoms with E-state index in [9.17, 15) is 4.79 Å². The van der Waals surface area contributed by atoms with Crippen molar-refractivity contribution >= 4 is 38.3 Å². The third-order valence-electron chi connectivity index (χ3n) is 3.53. The van der Waals surface area contributed by atoms with Gasteiger partial charge in [-0.05, 0) is 46.5 Å². The van der Waals surface area contributed by atoms with Gasteiger partial charge in [-0.25, -0.2) is 4.98 Å². The lowest BCUT2D eigenvalue weighted by molar-refractivity contribution is -0.118. The number of hydrogen-bond acceptors (Lipinski definition) is 4. The lowest BCUT2D eigenvalue weighted by Gasteiger charge is -2.15. The van der Waals surface area contributed by atoms with Crippen LogP contribution in [0.5, 0.6) is 5.75 Å². The first-order chi connectivity index (χ1) is 9.64. The number of halogens is 1. The predicted octanol–water partition coefficient (Wildman–Crippen LogP) is 3.58. The maximum absolute atomic E-state index is 12.5. The van der Waals surface area contributed by atoms with Crippen LogP contribution in [-0.2, 0) is 10.2 Å². The molecule has 0 spiro atoms. The molecule has 6 heteroatoms. The number of anilines is 1. The summed E-state index contributed by atoms with van der Waals surface area (Å²) in [6.45, 7) is 0. The monoisotopic (exact) mass is 352 g/mol. The van der Waals surface area contributed by atoms with Crippen LogP contribution in [-0.4, -0.2) is 18.0 Å². The summed E-state index contributed by atoms with van der Waals surface area (Å²) in [7, 11) is 1.63. The van der Waals surface area contributed by atoms with Crippen LogP contribution in [0.1, 0.15) is 18.4 Å². The highest BCUT2D eigenvalue weighted by molar-refractivity contribution is 9.11. The van der Waals surface area contributed by atoms with Gasteiger partial charge in [-0.1, -0.05) is 23.5 Å². The van der Waals surface area contributed by atoms with E-state index in [0.717, 1.165) is 27.9 Å². The first-order valence-corrected chi connectivity index (χ1v) is 7.82. The van der Waals surface area contributed by atoms with E-state index in [4.69, 9.17) is 4.74 Å². The first kappa shape index (κ1) is 13.6. The van der Waals surface area contributed by atoms with Crippen LogP contribution in [0, 0.1) is 0 Å². The summed E-state index contributed by atoms with van der Waals surface area (Å²) in [5.74, 6) is 0.818. The summed E-state index contributed by atoms with van der Waals surface area (Å²) < 4.78 is 6.05. The Labute approximate surface area is 129 Å². The summed E-state index contributed by atoms with van der Waals surface area (Å²) in [4.78, 5) is 16.6. The number of methoxy groups -OCH3 is 1. The second-order valence-corrected chi connectivity index (χ2v) is 7.14. The van der Waals surface area contributed by atoms with Gasteiger partial charge in [0.1, 0.15) is 5.75 Å². The van der Waals surface area contributed by atoms with Crippen molar-refractivity contribution in [2.75, 3.05) is 12.4 Å². The second-order valence-electron chi connectivity index (χ2n) is 4.73. The van der Waals surface area contributed by atoms with Crippen molar-refractivity contribution in [3.05, 3.63) is 39.8 Å². The molecule has 1 aromatic heterocycles. The number of benzene rings is 1. The van der Waals surface area contributed by atoms with Crippen LogP contribution in [0.4, 0.5) is 5.13 Å². The van der Waals surface area contributed by atoms with Gasteiger partial charge in [0.05, 0.1) is 22.5 Å². The quantitative estimate of drug-likeness (QED) is 0.914. The molecule has 1 fully saturated rings. The minimum absolute atomic E-state index is 0.0181. The van der Waals surface area contributed by atoms with E-state index in [1.165, 1.54) is 11.3 Å². The molecule has 104 valence electrons. The highest BCUT2D eigenvalue weighted by Gasteiger charge is 2.51. The van der Waals surface area contributed by atoms with Crippen LogP contribution in [0.15, 0.2) is 34.2 Å². The molecule has 0 bridgehead atoms. The molecule has 3 rings (SSSR count). The average molecular weight is 353 g/mol. The normalized spacial score (nSPS) is 15.7. The number of ether oxygens (including phenoxy) is 1. The third kappa shape index (κ3) is 2.45. The van der Waals surface area contributed by atoms with Gasteiger partial charge in [0.15, 0.2) is 5.13 Å². The first-order valence-electron chi connectivity index (χ1n) is 6.21. The van der Waals surface area contributed by atoms with Gasteiger partial charge >= 0.3 is 0 Å². The Morgan fingerprint density at radius 2 is 2.10 bits per heavy atom. The van der Waals surface area contributed by atoms with Crippen molar-refractivity contribution in [2.45, 2.75) is 18.3 Å². The molecule has 0 atom stereocenters. The zero-order valence-corrected chi connectivity index (χ0v) is 13.3. The fourth-order valence-corrected chi connectivity index (χ4v) is 3.31. The van der Waals surface area contributed by atoms with Gasteiger partial charge in [0, 0.05) is 0 Å². The number of rotatable bonds is 4. The summed E-state index contributed by atoms with van der Waals surface area (Å²) in [5.41, 5.74) is 0.635. The van der Waals surface area contributed by atoms with Crippen molar-refractivity contribution in [3.8, 4) is 5.75 Å². The van der Waals surface area contributed by atoms with Gasteiger partial charge in [0.25, 0.3) is 0 Å². The van der Waals surface area contributed by atoms with Crippen molar-refractivity contribution in [2.24, 2.45) is 0 Å². The Kier molecular flexibility index (Phi) is 3.52. The molecular formula is C14H13BrN2O2S. The molecule has 1 aromatic carbocycles. The van der Waals surface area contributed by atoms with E-state index in [-0.39, 0.29) is 5.91 Å². The summed E-state index contributed by atoms with van der Waals surface area (Å²) in [6, 6.07) is 7.71. The largest absolute Gasteiger partial charge is 0.497 e. The summed E-state index contributed by atoms with van der Waals surface area (Å²) in [5, 5.41) is 3.53. The Balaban J connectivity index is 1.79. The molecule has 0 aliphatic heterocycles. The minimum Gasteiger partial charge on any atom is -0.497 e. The molecule has 0 saturated heterocycles. The number of carbonyl (C=O) groups is 1. The standard InChI is InChI=1S/C14H13BrN2O2S/c1-19-10-4-2-9(3-5-10)14(6-7-14)12(18)17-13-16-8-11(15)20-13/h2-5,8H,6-7H2,1H3,(H,16,17,18). The van der Waals surface area contributed by atoms with Gasteiger partial charge < -0.3 is 10.1 Å². The summed E-state index contributed by atoms with van der Waals surface area (Å²) in [6.07, 6.45) is 3.43. The molecule has 1 heterocycles. The fraction of sp³-hybridized carbons (Fsp3) is 0.286. The van der Waals surface area contributed by atoms with Gasteiger partial charge in [0.2, 0.25) is 5.91 Å². The maximum atomic E-state index is 12.5. The number of aromatic nitrogens is 1. The van der Waals surface area contributed by atoms with Crippen LogP contribution in [0.25, 0.3) is 0 Å². The molecular weight excluding hydrogens is 340 g/mol. The molecule has 1 amide bonds. The van der Waals surface area contributed by atoms with Gasteiger partial charge in [-0.2, -0.15) is 0 Å². The highest BCUT2D eigenvalue weighted by atomic mass is 79.9. The topological polar surface area (TPSA) is 51.2 Å². The lowest BCUT2D eigenvalue weighted by Crippen LogP contribution is -2.27. The van der Waals surface area contributed by atoms with Gasteiger partial charge in [-0.15, -0.1) is 0 Å². The van der Waals surface area contributed by atoms with E-state index in [1.807, 2.05) is 24.3 Å². The molecule has 1 N–H and O–H groups in total. The molecule has 1 aliphatic rings. The Bertz CT molecular complexity index is 635. The molecule has 1 saturated carbocycles. The molecule has 1 aliphatic carbocycles. The maximum Gasteiger partial charge on any atom is 0.236 e. The smallest absolute Gasteiger partial charge is 0.236 e. The van der Waals surface area contributed by atoms with E-state index >= 15 is 0 Å². The van der Waals surface area contributed by atoms with E-state index in [0.29, 0.717) is 5.13 Å².